The summed E-state index contributed by atoms with van der Waals surface area (Å²) in [6.45, 7) is 1.75. The lowest BCUT2D eigenvalue weighted by atomic mass is 10.1. The van der Waals surface area contributed by atoms with E-state index in [0.29, 0.717) is 11.5 Å². The lowest BCUT2D eigenvalue weighted by Gasteiger charge is -2.12. The Balaban J connectivity index is 2.11. The molecule has 6 heteroatoms. The molecule has 0 heterocycles. The van der Waals surface area contributed by atoms with Gasteiger partial charge in [-0.3, -0.25) is 4.79 Å². The van der Waals surface area contributed by atoms with Crippen LogP contribution >= 0.6 is 0 Å². The standard InChI is InChI=1S/C20H23NO5/c1-15(22)21-18-9-6-16(7-10-18)4-5-17-8-11-19(25-13-23-2)20(12-17)26-14-24-3/h4-12H,13-14H2,1-3H3,(H,21,22)/b5-4+. The summed E-state index contributed by atoms with van der Waals surface area (Å²) in [6, 6.07) is 13.2. The monoisotopic (exact) mass is 357 g/mol. The van der Waals surface area contributed by atoms with Gasteiger partial charge in [-0.25, -0.2) is 0 Å². The molecule has 0 unspecified atom stereocenters. The molecular formula is C20H23NO5. The molecule has 1 N–H and O–H groups in total. The summed E-state index contributed by atoms with van der Waals surface area (Å²) in [7, 11) is 3.12. The van der Waals surface area contributed by atoms with Crippen LogP contribution in [0.15, 0.2) is 42.5 Å². The molecule has 0 spiro atoms. The number of amides is 1. The number of ether oxygens (including phenoxy) is 4. The maximum absolute atomic E-state index is 11.0. The summed E-state index contributed by atoms with van der Waals surface area (Å²) in [5.41, 5.74) is 2.73. The molecule has 0 atom stereocenters. The molecule has 26 heavy (non-hydrogen) atoms. The van der Waals surface area contributed by atoms with E-state index in [2.05, 4.69) is 5.32 Å². The zero-order valence-electron chi connectivity index (χ0n) is 15.2. The lowest BCUT2D eigenvalue weighted by Crippen LogP contribution is -2.05. The summed E-state index contributed by atoms with van der Waals surface area (Å²) in [6.07, 6.45) is 3.94. The number of nitrogens with one attached hydrogen (secondary N) is 1. The zero-order valence-corrected chi connectivity index (χ0v) is 15.2. The third-order valence-corrected chi connectivity index (χ3v) is 3.33. The van der Waals surface area contributed by atoms with Crippen LogP contribution in [0.4, 0.5) is 5.69 Å². The number of carbonyl (C=O) groups is 1. The van der Waals surface area contributed by atoms with Gasteiger partial charge in [0, 0.05) is 26.8 Å². The average Bonchev–Trinajstić information content (AvgIpc) is 2.64. The van der Waals surface area contributed by atoms with E-state index in [0.717, 1.165) is 16.8 Å². The molecule has 0 fully saturated rings. The second kappa shape index (κ2) is 10.2. The van der Waals surface area contributed by atoms with Crippen molar-refractivity contribution in [3.63, 3.8) is 0 Å². The van der Waals surface area contributed by atoms with E-state index in [9.17, 15) is 4.79 Å². The predicted octanol–water partition coefficient (Wildman–Crippen LogP) is 3.78. The number of rotatable bonds is 9. The van der Waals surface area contributed by atoms with Gasteiger partial charge in [0.1, 0.15) is 0 Å². The van der Waals surface area contributed by atoms with Crippen molar-refractivity contribution in [3.8, 4) is 11.5 Å². The van der Waals surface area contributed by atoms with Crippen molar-refractivity contribution in [2.24, 2.45) is 0 Å². The Morgan fingerprint density at radius 3 is 2.08 bits per heavy atom. The summed E-state index contributed by atoms with van der Waals surface area (Å²) < 4.78 is 20.9. The minimum atomic E-state index is -0.0901. The fourth-order valence-corrected chi connectivity index (χ4v) is 2.18. The minimum Gasteiger partial charge on any atom is -0.464 e. The van der Waals surface area contributed by atoms with Crippen molar-refractivity contribution in [2.75, 3.05) is 33.1 Å². The number of carbonyl (C=O) groups excluding carboxylic acids is 1. The Bertz CT molecular complexity index is 740. The maximum Gasteiger partial charge on any atom is 0.221 e. The van der Waals surface area contributed by atoms with Crippen molar-refractivity contribution < 1.29 is 23.7 Å². The molecule has 0 bridgehead atoms. The molecule has 0 radical (unpaired) electrons. The number of anilines is 1. The quantitative estimate of drug-likeness (QED) is 0.546. The maximum atomic E-state index is 11.0. The second-order valence-electron chi connectivity index (χ2n) is 5.44. The zero-order chi connectivity index (χ0) is 18.8. The summed E-state index contributed by atoms with van der Waals surface area (Å²) in [5, 5.41) is 2.74. The van der Waals surface area contributed by atoms with Crippen molar-refractivity contribution in [3.05, 3.63) is 53.6 Å². The largest absolute Gasteiger partial charge is 0.464 e. The highest BCUT2D eigenvalue weighted by Gasteiger charge is 2.06. The first-order chi connectivity index (χ1) is 12.6. The van der Waals surface area contributed by atoms with Crippen molar-refractivity contribution in [2.45, 2.75) is 6.92 Å². The van der Waals surface area contributed by atoms with Crippen LogP contribution in [0.2, 0.25) is 0 Å². The highest BCUT2D eigenvalue weighted by molar-refractivity contribution is 5.88. The first-order valence-electron chi connectivity index (χ1n) is 8.05. The molecule has 0 aliphatic heterocycles. The Morgan fingerprint density at radius 2 is 1.46 bits per heavy atom. The number of hydrogen-bond donors (Lipinski definition) is 1. The third-order valence-electron chi connectivity index (χ3n) is 3.33. The van der Waals surface area contributed by atoms with Gasteiger partial charge in [-0.1, -0.05) is 30.4 Å². The molecule has 0 aliphatic carbocycles. The Kier molecular flexibility index (Phi) is 7.67. The molecule has 0 saturated heterocycles. The van der Waals surface area contributed by atoms with Gasteiger partial charge < -0.3 is 24.3 Å². The van der Waals surface area contributed by atoms with Crippen LogP contribution in [-0.4, -0.2) is 33.7 Å². The normalized spacial score (nSPS) is 10.7. The molecule has 1 amide bonds. The number of methoxy groups -OCH3 is 2. The van der Waals surface area contributed by atoms with Gasteiger partial charge in [0.2, 0.25) is 5.91 Å². The summed E-state index contributed by atoms with van der Waals surface area (Å²) >= 11 is 0. The fraction of sp³-hybridized carbons (Fsp3) is 0.250. The van der Waals surface area contributed by atoms with E-state index in [-0.39, 0.29) is 19.5 Å². The Morgan fingerprint density at radius 1 is 0.885 bits per heavy atom. The number of hydrogen-bond acceptors (Lipinski definition) is 5. The SMILES string of the molecule is COCOc1ccc(/C=C/c2ccc(NC(C)=O)cc2)cc1OCOC. The first-order valence-corrected chi connectivity index (χ1v) is 8.05. The summed E-state index contributed by atoms with van der Waals surface area (Å²) in [4.78, 5) is 11.0. The van der Waals surface area contributed by atoms with E-state index >= 15 is 0 Å². The van der Waals surface area contributed by atoms with E-state index in [4.69, 9.17) is 18.9 Å². The molecule has 2 rings (SSSR count). The molecular weight excluding hydrogens is 334 g/mol. The van der Waals surface area contributed by atoms with Crippen LogP contribution in [0, 0.1) is 0 Å². The van der Waals surface area contributed by atoms with Gasteiger partial charge in [0.05, 0.1) is 0 Å². The van der Waals surface area contributed by atoms with Crippen molar-refractivity contribution >= 4 is 23.7 Å². The van der Waals surface area contributed by atoms with E-state index in [1.165, 1.54) is 6.92 Å². The lowest BCUT2D eigenvalue weighted by molar-refractivity contribution is -0.114. The second-order valence-corrected chi connectivity index (χ2v) is 5.44. The predicted molar refractivity (Wildman–Crippen MR) is 101 cm³/mol. The van der Waals surface area contributed by atoms with Gasteiger partial charge in [0.25, 0.3) is 0 Å². The van der Waals surface area contributed by atoms with Gasteiger partial charge in [-0.2, -0.15) is 0 Å². The molecule has 2 aromatic rings. The molecule has 0 saturated carbocycles. The average molecular weight is 357 g/mol. The Labute approximate surface area is 153 Å². The Hall–Kier alpha value is -2.83. The van der Waals surface area contributed by atoms with Gasteiger partial charge in [-0.05, 0) is 35.4 Å². The van der Waals surface area contributed by atoms with Crippen molar-refractivity contribution in [1.29, 1.82) is 0 Å². The topological polar surface area (TPSA) is 66.0 Å². The van der Waals surface area contributed by atoms with Crippen LogP contribution in [0.5, 0.6) is 11.5 Å². The minimum absolute atomic E-state index is 0.0901. The van der Waals surface area contributed by atoms with Crippen molar-refractivity contribution in [1.82, 2.24) is 0 Å². The van der Waals surface area contributed by atoms with Crippen LogP contribution in [0.1, 0.15) is 18.1 Å². The van der Waals surface area contributed by atoms with E-state index in [1.54, 1.807) is 14.2 Å². The smallest absolute Gasteiger partial charge is 0.221 e. The molecule has 0 aliphatic rings. The highest BCUT2D eigenvalue weighted by atomic mass is 16.7. The number of benzene rings is 2. The first kappa shape index (κ1) is 19.5. The van der Waals surface area contributed by atoms with Crippen LogP contribution in [-0.2, 0) is 14.3 Å². The summed E-state index contributed by atoms with van der Waals surface area (Å²) in [5.74, 6) is 1.07. The molecule has 6 nitrogen and oxygen atoms in total. The molecule has 0 aromatic heterocycles. The highest BCUT2D eigenvalue weighted by Crippen LogP contribution is 2.29. The molecule has 138 valence electrons. The van der Waals surface area contributed by atoms with Gasteiger partial charge >= 0.3 is 0 Å². The van der Waals surface area contributed by atoms with Gasteiger partial charge in [0.15, 0.2) is 25.1 Å². The van der Waals surface area contributed by atoms with E-state index in [1.807, 2.05) is 54.6 Å². The van der Waals surface area contributed by atoms with Crippen LogP contribution < -0.4 is 14.8 Å². The van der Waals surface area contributed by atoms with Gasteiger partial charge in [-0.15, -0.1) is 0 Å². The van der Waals surface area contributed by atoms with E-state index < -0.39 is 0 Å². The fourth-order valence-electron chi connectivity index (χ4n) is 2.18. The van der Waals surface area contributed by atoms with Crippen LogP contribution in [0.3, 0.4) is 0 Å². The van der Waals surface area contributed by atoms with Crippen LogP contribution in [0.25, 0.3) is 12.2 Å². The third kappa shape index (κ3) is 6.23. The molecule has 2 aromatic carbocycles.